The van der Waals surface area contributed by atoms with Gasteiger partial charge < -0.3 is 37.0 Å². The van der Waals surface area contributed by atoms with E-state index in [4.69, 9.17) is 10.8 Å². The number of rotatable bonds is 16. The van der Waals surface area contributed by atoms with Crippen molar-refractivity contribution in [3.05, 3.63) is 35.9 Å². The summed E-state index contributed by atoms with van der Waals surface area (Å²) in [6.45, 7) is 4.34. The highest BCUT2D eigenvalue weighted by molar-refractivity contribution is 8.00. The zero-order valence-corrected chi connectivity index (χ0v) is 25.0. The van der Waals surface area contributed by atoms with Gasteiger partial charge in [-0.25, -0.2) is 4.79 Å². The number of nitrogens with one attached hydrogen (secondary N) is 4. The summed E-state index contributed by atoms with van der Waals surface area (Å²) >= 11 is 3.60. The Bertz CT molecular complexity index is 941. The molecule has 0 spiro atoms. The average Bonchev–Trinajstić information content (AvgIpc) is 3.48. The van der Waals surface area contributed by atoms with Gasteiger partial charge in [-0.1, -0.05) is 37.3 Å². The molecular formula is C27H44N6O5S2. The molecule has 2 heterocycles. The van der Waals surface area contributed by atoms with Crippen LogP contribution in [0.25, 0.3) is 0 Å². The van der Waals surface area contributed by atoms with Gasteiger partial charge >= 0.3 is 12.0 Å². The number of carboxylic acid groups (broad SMARTS) is 1. The highest BCUT2D eigenvalue weighted by atomic mass is 32.2. The van der Waals surface area contributed by atoms with E-state index < -0.39 is 5.97 Å². The first-order valence-electron chi connectivity index (χ1n) is 13.7. The largest absolute Gasteiger partial charge is 0.481 e. The van der Waals surface area contributed by atoms with Crippen LogP contribution in [0.4, 0.5) is 4.79 Å². The molecule has 1 aromatic rings. The Morgan fingerprint density at radius 3 is 2.65 bits per heavy atom. The summed E-state index contributed by atoms with van der Waals surface area (Å²) in [5, 5.41) is 20.4. The van der Waals surface area contributed by atoms with E-state index in [0.29, 0.717) is 38.9 Å². The summed E-state index contributed by atoms with van der Waals surface area (Å²) in [4.78, 5) is 47.1. The van der Waals surface area contributed by atoms with Gasteiger partial charge in [0.1, 0.15) is 0 Å². The molecular weight excluding hydrogens is 552 g/mol. The maximum Gasteiger partial charge on any atom is 0.315 e. The minimum absolute atomic E-state index is 0.00440. The van der Waals surface area contributed by atoms with E-state index in [2.05, 4.69) is 38.3 Å². The summed E-state index contributed by atoms with van der Waals surface area (Å²) in [5.41, 5.74) is 6.62. The number of aliphatic carboxylic acids is 1. The molecule has 0 aromatic heterocycles. The van der Waals surface area contributed by atoms with Crippen molar-refractivity contribution in [2.75, 3.05) is 44.7 Å². The van der Waals surface area contributed by atoms with Crippen LogP contribution in [0.3, 0.4) is 0 Å². The van der Waals surface area contributed by atoms with Gasteiger partial charge in [0.25, 0.3) is 0 Å². The van der Waals surface area contributed by atoms with E-state index in [-0.39, 0.29) is 47.6 Å². The molecule has 2 aliphatic heterocycles. The lowest BCUT2D eigenvalue weighted by Crippen LogP contribution is -2.43. The number of thioether (sulfide) groups is 2. The van der Waals surface area contributed by atoms with Gasteiger partial charge in [-0.15, -0.1) is 0 Å². The second-order valence-electron chi connectivity index (χ2n) is 9.82. The molecule has 4 amide bonds. The minimum Gasteiger partial charge on any atom is -0.481 e. The number of carbonyl (C=O) groups is 4. The topological polar surface area (TPSA) is 166 Å². The summed E-state index contributed by atoms with van der Waals surface area (Å²) in [5.74, 6) is 2.01. The lowest BCUT2D eigenvalue weighted by Gasteiger charge is -2.24. The van der Waals surface area contributed by atoms with Gasteiger partial charge in [0.05, 0.1) is 12.1 Å². The Labute approximate surface area is 245 Å². The van der Waals surface area contributed by atoms with Crippen LogP contribution in [0.5, 0.6) is 0 Å². The first-order valence-corrected chi connectivity index (χ1v) is 15.9. The third-order valence-corrected chi connectivity index (χ3v) is 8.89. The number of nitrogens with two attached hydrogens (primary N) is 1. The lowest BCUT2D eigenvalue weighted by molar-refractivity contribution is -0.137. The Hall–Kier alpha value is -2.48. The maximum atomic E-state index is 11.6. The number of carbonyl (C=O) groups excluding carboxylic acids is 3. The first kappa shape index (κ1) is 33.7. The van der Waals surface area contributed by atoms with Crippen LogP contribution in [0, 0.1) is 0 Å². The lowest BCUT2D eigenvalue weighted by atomic mass is 10.1. The van der Waals surface area contributed by atoms with Crippen molar-refractivity contribution in [1.29, 1.82) is 0 Å². The predicted octanol–water partition coefficient (Wildman–Crippen LogP) is 1.23. The first-order chi connectivity index (χ1) is 19.2. The molecule has 13 heteroatoms. The van der Waals surface area contributed by atoms with Crippen molar-refractivity contribution in [2.45, 2.75) is 61.7 Å². The quantitative estimate of drug-likeness (QED) is 0.122. The minimum atomic E-state index is -0.827. The Balaban J connectivity index is 0.000000302. The number of amides is 4. The fourth-order valence-electron chi connectivity index (χ4n) is 4.32. The molecule has 11 nitrogen and oxygen atoms in total. The fraction of sp³-hybridized carbons (Fsp3) is 0.630. The van der Waals surface area contributed by atoms with E-state index >= 15 is 0 Å². The number of hydrogen-bond donors (Lipinski definition) is 6. The van der Waals surface area contributed by atoms with Crippen molar-refractivity contribution in [2.24, 2.45) is 5.73 Å². The van der Waals surface area contributed by atoms with Crippen LogP contribution in [-0.2, 0) is 20.1 Å². The summed E-state index contributed by atoms with van der Waals surface area (Å²) in [7, 11) is 2.01. The number of carboxylic acids is 1. The third-order valence-electron chi connectivity index (χ3n) is 6.45. The molecule has 0 bridgehead atoms. The van der Waals surface area contributed by atoms with Crippen LogP contribution in [0.15, 0.2) is 30.3 Å². The summed E-state index contributed by atoms with van der Waals surface area (Å²) in [6, 6.07) is 10.4. The van der Waals surface area contributed by atoms with E-state index in [1.165, 1.54) is 5.56 Å². The van der Waals surface area contributed by atoms with Crippen LogP contribution < -0.4 is 27.0 Å². The highest BCUT2D eigenvalue weighted by Gasteiger charge is 2.43. The fourth-order valence-corrected chi connectivity index (χ4v) is 6.81. The molecule has 0 radical (unpaired) electrons. The van der Waals surface area contributed by atoms with Gasteiger partial charge in [-0.05, 0) is 19.0 Å². The second-order valence-corrected chi connectivity index (χ2v) is 12.2. The van der Waals surface area contributed by atoms with Crippen molar-refractivity contribution >= 4 is 47.3 Å². The van der Waals surface area contributed by atoms with E-state index in [9.17, 15) is 19.2 Å². The molecule has 0 saturated carbocycles. The van der Waals surface area contributed by atoms with Crippen LogP contribution >= 0.6 is 23.5 Å². The number of urea groups is 1. The standard InChI is InChI=1S/C18H28N2O3S.C9H16N4O2S/c1-3-17(21)19-16(9-10-18(22)23)13-20(2)11-12-24-14-15-7-5-4-6-8-15;10-1-2-11-7(14)3-6-8-5(4-16-6)12-9(15)13-8/h4-8,16H,3,9-14H2,1-2H3,(H,19,21)(H,22,23);5-6,8H,1-4,10H2,(H,11,14)(H2,12,13,15). The average molecular weight is 597 g/mol. The Morgan fingerprint density at radius 2 is 1.98 bits per heavy atom. The van der Waals surface area contributed by atoms with Gasteiger partial charge in [0.15, 0.2) is 0 Å². The van der Waals surface area contributed by atoms with Crippen molar-refractivity contribution in [3.8, 4) is 0 Å². The Kier molecular flexibility index (Phi) is 15.8. The number of likely N-dealkylation sites (N-methyl/N-ethyl adjacent to an activating group) is 1. The molecule has 4 unspecified atom stereocenters. The number of fused-ring (bicyclic) bond motifs is 1. The molecule has 2 saturated heterocycles. The molecule has 2 fully saturated rings. The zero-order chi connectivity index (χ0) is 29.3. The maximum absolute atomic E-state index is 11.6. The molecule has 3 rings (SSSR count). The van der Waals surface area contributed by atoms with Crippen molar-refractivity contribution in [1.82, 2.24) is 26.2 Å². The van der Waals surface area contributed by atoms with E-state index in [1.807, 2.05) is 37.0 Å². The molecule has 40 heavy (non-hydrogen) atoms. The normalized spacial score (nSPS) is 20.0. The summed E-state index contributed by atoms with van der Waals surface area (Å²) in [6.07, 6.45) is 1.39. The van der Waals surface area contributed by atoms with Gasteiger partial charge in [-0.2, -0.15) is 23.5 Å². The van der Waals surface area contributed by atoms with E-state index in [0.717, 1.165) is 23.8 Å². The number of benzene rings is 1. The molecule has 1 aromatic carbocycles. The smallest absolute Gasteiger partial charge is 0.315 e. The zero-order valence-electron chi connectivity index (χ0n) is 23.4. The second kappa shape index (κ2) is 18.8. The SMILES string of the molecule is CCC(=O)NC(CCC(=O)O)CN(C)CCSCc1ccccc1.NCCNC(=O)CC1SCC2NC(=O)NC21. The number of nitrogens with zero attached hydrogens (tertiary/aromatic N) is 1. The predicted molar refractivity (Wildman–Crippen MR) is 161 cm³/mol. The third kappa shape index (κ3) is 13.2. The van der Waals surface area contributed by atoms with Crippen LogP contribution in [0.2, 0.25) is 0 Å². The Morgan fingerprint density at radius 1 is 1.23 bits per heavy atom. The molecule has 224 valence electrons. The number of hydrogen-bond acceptors (Lipinski definition) is 8. The van der Waals surface area contributed by atoms with E-state index in [1.54, 1.807) is 18.7 Å². The molecule has 7 N–H and O–H groups in total. The van der Waals surface area contributed by atoms with Crippen LogP contribution in [0.1, 0.15) is 38.2 Å². The monoisotopic (exact) mass is 596 g/mol. The molecule has 2 aliphatic rings. The van der Waals surface area contributed by atoms with Gasteiger partial charge in [0, 0.05) is 74.0 Å². The molecule has 0 aliphatic carbocycles. The highest BCUT2D eigenvalue weighted by Crippen LogP contribution is 2.31. The van der Waals surface area contributed by atoms with Crippen molar-refractivity contribution in [3.63, 3.8) is 0 Å². The summed E-state index contributed by atoms with van der Waals surface area (Å²) < 4.78 is 0. The van der Waals surface area contributed by atoms with Gasteiger partial charge in [0.2, 0.25) is 11.8 Å². The van der Waals surface area contributed by atoms with Gasteiger partial charge in [-0.3, -0.25) is 14.4 Å². The van der Waals surface area contributed by atoms with Crippen molar-refractivity contribution < 1.29 is 24.3 Å². The van der Waals surface area contributed by atoms with Crippen LogP contribution in [-0.4, -0.2) is 102 Å². The molecule has 4 atom stereocenters.